The molecule has 118 valence electrons. The van der Waals surface area contributed by atoms with Crippen LogP contribution in [-0.4, -0.2) is 34.2 Å². The van der Waals surface area contributed by atoms with Crippen LogP contribution in [0, 0.1) is 0 Å². The van der Waals surface area contributed by atoms with Crippen LogP contribution in [0.5, 0.6) is 0 Å². The number of esters is 1. The molecule has 1 unspecified atom stereocenters. The molecule has 1 saturated heterocycles. The van der Waals surface area contributed by atoms with Crippen molar-refractivity contribution in [1.82, 2.24) is 9.38 Å². The van der Waals surface area contributed by atoms with E-state index < -0.39 is 0 Å². The van der Waals surface area contributed by atoms with Crippen LogP contribution in [0.4, 0.5) is 0 Å². The van der Waals surface area contributed by atoms with E-state index in [4.69, 9.17) is 9.47 Å². The third-order valence-electron chi connectivity index (χ3n) is 4.14. The van der Waals surface area contributed by atoms with Gasteiger partial charge in [0.1, 0.15) is 5.65 Å². The van der Waals surface area contributed by atoms with E-state index in [1.807, 2.05) is 10.6 Å². The van der Waals surface area contributed by atoms with Crippen LogP contribution in [0.25, 0.3) is 5.65 Å². The van der Waals surface area contributed by atoms with Crippen molar-refractivity contribution in [2.75, 3.05) is 13.2 Å². The Morgan fingerprint density at radius 2 is 2.36 bits per heavy atom. The molecule has 0 bridgehead atoms. The van der Waals surface area contributed by atoms with Gasteiger partial charge in [0.05, 0.1) is 12.2 Å². The van der Waals surface area contributed by atoms with Crippen molar-refractivity contribution in [2.24, 2.45) is 0 Å². The van der Waals surface area contributed by atoms with Gasteiger partial charge in [-0.3, -0.25) is 0 Å². The summed E-state index contributed by atoms with van der Waals surface area (Å²) in [6.45, 7) is 7.19. The molecule has 3 rings (SSSR count). The molecule has 5 heteroatoms. The average molecular weight is 302 g/mol. The van der Waals surface area contributed by atoms with E-state index in [0.29, 0.717) is 18.2 Å². The topological polar surface area (TPSA) is 52.8 Å². The molecule has 3 heterocycles. The zero-order valence-corrected chi connectivity index (χ0v) is 13.3. The number of nitrogens with zero attached hydrogens (tertiary/aromatic N) is 2. The summed E-state index contributed by atoms with van der Waals surface area (Å²) in [7, 11) is 0. The molecule has 0 radical (unpaired) electrons. The van der Waals surface area contributed by atoms with E-state index in [1.165, 1.54) is 5.56 Å². The van der Waals surface area contributed by atoms with Crippen molar-refractivity contribution < 1.29 is 14.3 Å². The molecule has 1 atom stereocenters. The third-order valence-corrected chi connectivity index (χ3v) is 4.14. The van der Waals surface area contributed by atoms with Gasteiger partial charge in [-0.2, -0.15) is 0 Å². The van der Waals surface area contributed by atoms with Crippen molar-refractivity contribution >= 4 is 11.6 Å². The van der Waals surface area contributed by atoms with Crippen LogP contribution in [0.15, 0.2) is 24.5 Å². The maximum atomic E-state index is 11.8. The molecule has 1 aliphatic heterocycles. The Labute approximate surface area is 130 Å². The fraction of sp³-hybridized carbons (Fsp3) is 0.529. The minimum Gasteiger partial charge on any atom is -0.461 e. The summed E-state index contributed by atoms with van der Waals surface area (Å²) in [6.07, 6.45) is 5.69. The fourth-order valence-electron chi connectivity index (χ4n) is 3.07. The van der Waals surface area contributed by atoms with Crippen LogP contribution in [0.1, 0.15) is 55.6 Å². The minimum absolute atomic E-state index is 0.0828. The Kier molecular flexibility index (Phi) is 3.91. The molecule has 0 aromatic carbocycles. The summed E-state index contributed by atoms with van der Waals surface area (Å²) in [6, 6.07) is 4.17. The molecular formula is C17H22N2O3. The van der Waals surface area contributed by atoms with Crippen LogP contribution < -0.4 is 0 Å². The first kappa shape index (κ1) is 15.0. The Balaban J connectivity index is 1.88. The molecule has 0 spiro atoms. The number of hydrogen-bond donors (Lipinski definition) is 0. The first-order chi connectivity index (χ1) is 10.5. The second-order valence-electron chi connectivity index (χ2n) is 6.37. The van der Waals surface area contributed by atoms with E-state index in [0.717, 1.165) is 25.1 Å². The number of carbonyl (C=O) groups is 1. The largest absolute Gasteiger partial charge is 0.461 e. The van der Waals surface area contributed by atoms with Crippen LogP contribution in [0.2, 0.25) is 0 Å². The lowest BCUT2D eigenvalue weighted by atomic mass is 9.84. The summed E-state index contributed by atoms with van der Waals surface area (Å²) < 4.78 is 12.6. The average Bonchev–Trinajstić information content (AvgIpc) is 2.89. The summed E-state index contributed by atoms with van der Waals surface area (Å²) in [5.41, 5.74) is 2.31. The third kappa shape index (κ3) is 2.99. The molecule has 22 heavy (non-hydrogen) atoms. The Morgan fingerprint density at radius 3 is 3.09 bits per heavy atom. The number of fused-ring (bicyclic) bond motifs is 1. The highest BCUT2D eigenvalue weighted by atomic mass is 16.5. The monoisotopic (exact) mass is 302 g/mol. The highest BCUT2D eigenvalue weighted by Gasteiger charge is 2.29. The molecule has 5 nitrogen and oxygen atoms in total. The van der Waals surface area contributed by atoms with Crippen molar-refractivity contribution in [2.45, 2.75) is 45.1 Å². The summed E-state index contributed by atoms with van der Waals surface area (Å²) in [4.78, 5) is 16.2. The molecule has 1 fully saturated rings. The summed E-state index contributed by atoms with van der Waals surface area (Å²) >= 11 is 0. The SMILES string of the molecule is CCOC(=O)c1cn2ccc(C3CCOC(C)(C)C3)cc2n1. The normalized spacial score (nSPS) is 21.0. The lowest BCUT2D eigenvalue weighted by molar-refractivity contribution is -0.0593. The molecule has 0 saturated carbocycles. The second-order valence-corrected chi connectivity index (χ2v) is 6.37. The van der Waals surface area contributed by atoms with Crippen molar-refractivity contribution in [1.29, 1.82) is 0 Å². The molecular weight excluding hydrogens is 280 g/mol. The van der Waals surface area contributed by atoms with Gasteiger partial charge in [0.25, 0.3) is 0 Å². The molecule has 2 aromatic rings. The van der Waals surface area contributed by atoms with Crippen LogP contribution in [-0.2, 0) is 9.47 Å². The molecule has 0 N–H and O–H groups in total. The van der Waals surface area contributed by atoms with Gasteiger partial charge < -0.3 is 13.9 Å². The van der Waals surface area contributed by atoms with Crippen LogP contribution >= 0.6 is 0 Å². The summed E-state index contributed by atoms with van der Waals surface area (Å²) in [5, 5.41) is 0. The first-order valence-electron chi connectivity index (χ1n) is 7.78. The van der Waals surface area contributed by atoms with E-state index in [-0.39, 0.29) is 11.6 Å². The summed E-state index contributed by atoms with van der Waals surface area (Å²) in [5.74, 6) is 0.0939. The molecule has 0 amide bonds. The second kappa shape index (κ2) is 5.72. The van der Waals surface area contributed by atoms with E-state index >= 15 is 0 Å². The number of carbonyl (C=O) groups excluding carboxylic acids is 1. The lowest BCUT2D eigenvalue weighted by Crippen LogP contribution is -2.33. The predicted octanol–water partition coefficient (Wildman–Crippen LogP) is 3.18. The van der Waals surface area contributed by atoms with Gasteiger partial charge in [0.2, 0.25) is 0 Å². The van der Waals surface area contributed by atoms with Gasteiger partial charge >= 0.3 is 5.97 Å². The minimum atomic E-state index is -0.375. The van der Waals surface area contributed by atoms with Gasteiger partial charge in [0.15, 0.2) is 5.69 Å². The number of pyridine rings is 1. The highest BCUT2D eigenvalue weighted by molar-refractivity contribution is 5.87. The Hall–Kier alpha value is -1.88. The number of aromatic nitrogens is 2. The van der Waals surface area contributed by atoms with E-state index in [9.17, 15) is 4.79 Å². The maximum absolute atomic E-state index is 11.8. The zero-order chi connectivity index (χ0) is 15.7. The number of rotatable bonds is 3. The van der Waals surface area contributed by atoms with Gasteiger partial charge in [-0.15, -0.1) is 0 Å². The number of ether oxygens (including phenoxy) is 2. The molecule has 1 aliphatic rings. The van der Waals surface area contributed by atoms with Crippen molar-refractivity contribution in [3.8, 4) is 0 Å². The zero-order valence-electron chi connectivity index (χ0n) is 13.3. The Morgan fingerprint density at radius 1 is 1.55 bits per heavy atom. The molecule has 2 aromatic heterocycles. The van der Waals surface area contributed by atoms with Gasteiger partial charge in [-0.25, -0.2) is 9.78 Å². The molecule has 0 aliphatic carbocycles. The quantitative estimate of drug-likeness (QED) is 0.817. The van der Waals surface area contributed by atoms with Crippen molar-refractivity contribution in [3.05, 3.63) is 35.8 Å². The highest BCUT2D eigenvalue weighted by Crippen LogP contribution is 2.35. The van der Waals surface area contributed by atoms with Gasteiger partial charge in [-0.05, 0) is 57.2 Å². The van der Waals surface area contributed by atoms with Crippen molar-refractivity contribution in [3.63, 3.8) is 0 Å². The first-order valence-corrected chi connectivity index (χ1v) is 7.78. The lowest BCUT2D eigenvalue weighted by Gasteiger charge is -2.35. The fourth-order valence-corrected chi connectivity index (χ4v) is 3.07. The van der Waals surface area contributed by atoms with E-state index in [2.05, 4.69) is 31.0 Å². The standard InChI is InChI=1S/C17H22N2O3/c1-4-21-16(20)14-11-19-7-5-12(9-15(19)18-14)13-6-8-22-17(2,3)10-13/h5,7,9,11,13H,4,6,8,10H2,1-3H3. The smallest absolute Gasteiger partial charge is 0.358 e. The number of imidazole rings is 1. The number of hydrogen-bond acceptors (Lipinski definition) is 4. The predicted molar refractivity (Wildman–Crippen MR) is 83.2 cm³/mol. The maximum Gasteiger partial charge on any atom is 0.358 e. The Bertz CT molecular complexity index is 690. The van der Waals surface area contributed by atoms with Gasteiger partial charge in [-0.1, -0.05) is 0 Å². The van der Waals surface area contributed by atoms with E-state index in [1.54, 1.807) is 13.1 Å². The van der Waals surface area contributed by atoms with Crippen LogP contribution in [0.3, 0.4) is 0 Å². The van der Waals surface area contributed by atoms with Gasteiger partial charge in [0, 0.05) is 19.0 Å².